The summed E-state index contributed by atoms with van der Waals surface area (Å²) in [5.74, 6) is 0.822. The van der Waals surface area contributed by atoms with E-state index in [0.717, 1.165) is 31.7 Å². The lowest BCUT2D eigenvalue weighted by molar-refractivity contribution is -0.0786. The minimum atomic E-state index is -0.479. The Morgan fingerprint density at radius 3 is 2.45 bits per heavy atom. The van der Waals surface area contributed by atoms with Crippen LogP contribution in [0.2, 0.25) is 0 Å². The number of β-amino-alcohol motifs (C(OH)–C–C–N with tert-alkyl or cyclic N) is 1. The zero-order valence-electron chi connectivity index (χ0n) is 14.0. The van der Waals surface area contributed by atoms with E-state index in [9.17, 15) is 5.11 Å². The second-order valence-electron chi connectivity index (χ2n) is 6.33. The van der Waals surface area contributed by atoms with Gasteiger partial charge in [-0.3, -0.25) is 4.90 Å². The van der Waals surface area contributed by atoms with Crippen LogP contribution in [0.5, 0.6) is 5.75 Å². The van der Waals surface area contributed by atoms with E-state index in [1.807, 2.05) is 12.1 Å². The Labute approximate surface area is 134 Å². The van der Waals surface area contributed by atoms with Crippen LogP contribution in [0.25, 0.3) is 0 Å². The van der Waals surface area contributed by atoms with Gasteiger partial charge in [0.25, 0.3) is 0 Å². The Bertz CT molecular complexity index is 424. The monoisotopic (exact) mass is 307 g/mol. The van der Waals surface area contributed by atoms with Gasteiger partial charge in [-0.05, 0) is 38.0 Å². The van der Waals surface area contributed by atoms with Crippen molar-refractivity contribution < 1.29 is 14.6 Å². The molecular formula is C18H29NO3. The standard InChI is InChI=1S/C18H29NO3/c1-4-5-16-6-8-18(9-7-16)21-13-17(20)12-19-10-14(2)22-15(3)11-19/h6-9,14-15,17,20H,4-5,10-13H2,1-3H3/t14-,15-,17-/m1/s1. The van der Waals surface area contributed by atoms with Crippen molar-refractivity contribution in [2.24, 2.45) is 0 Å². The summed E-state index contributed by atoms with van der Waals surface area (Å²) in [6.45, 7) is 9.01. The predicted molar refractivity (Wildman–Crippen MR) is 88.4 cm³/mol. The number of morpholine rings is 1. The van der Waals surface area contributed by atoms with E-state index >= 15 is 0 Å². The number of hydrogen-bond acceptors (Lipinski definition) is 4. The van der Waals surface area contributed by atoms with E-state index in [0.29, 0.717) is 13.2 Å². The Kier molecular flexibility index (Phi) is 6.68. The third kappa shape index (κ3) is 5.59. The fraction of sp³-hybridized carbons (Fsp3) is 0.667. The van der Waals surface area contributed by atoms with Crippen LogP contribution in [-0.4, -0.2) is 54.6 Å². The highest BCUT2D eigenvalue weighted by Crippen LogP contribution is 2.14. The molecule has 0 amide bonds. The van der Waals surface area contributed by atoms with Crippen LogP contribution < -0.4 is 4.74 Å². The predicted octanol–water partition coefficient (Wildman–Crippen LogP) is 2.49. The highest BCUT2D eigenvalue weighted by atomic mass is 16.5. The lowest BCUT2D eigenvalue weighted by atomic mass is 10.1. The molecule has 1 fully saturated rings. The van der Waals surface area contributed by atoms with Gasteiger partial charge in [0.05, 0.1) is 12.2 Å². The zero-order valence-corrected chi connectivity index (χ0v) is 14.0. The van der Waals surface area contributed by atoms with Crippen LogP contribution >= 0.6 is 0 Å². The van der Waals surface area contributed by atoms with Crippen LogP contribution in [0.4, 0.5) is 0 Å². The van der Waals surface area contributed by atoms with Gasteiger partial charge >= 0.3 is 0 Å². The Morgan fingerprint density at radius 1 is 1.23 bits per heavy atom. The van der Waals surface area contributed by atoms with Crippen molar-refractivity contribution in [1.82, 2.24) is 4.90 Å². The normalized spacial score (nSPS) is 24.2. The van der Waals surface area contributed by atoms with E-state index in [2.05, 4.69) is 37.8 Å². The van der Waals surface area contributed by atoms with E-state index in [1.165, 1.54) is 5.56 Å². The van der Waals surface area contributed by atoms with Gasteiger partial charge < -0.3 is 14.6 Å². The topological polar surface area (TPSA) is 41.9 Å². The minimum Gasteiger partial charge on any atom is -0.491 e. The van der Waals surface area contributed by atoms with Crippen molar-refractivity contribution in [3.63, 3.8) is 0 Å². The lowest BCUT2D eigenvalue weighted by Crippen LogP contribution is -2.48. The van der Waals surface area contributed by atoms with E-state index in [-0.39, 0.29) is 12.2 Å². The molecule has 1 heterocycles. The molecule has 0 unspecified atom stereocenters. The number of benzene rings is 1. The molecule has 4 nitrogen and oxygen atoms in total. The molecule has 1 N–H and O–H groups in total. The molecule has 2 rings (SSSR count). The maximum atomic E-state index is 10.2. The molecule has 1 aromatic carbocycles. The largest absolute Gasteiger partial charge is 0.491 e. The minimum absolute atomic E-state index is 0.225. The van der Waals surface area contributed by atoms with E-state index in [1.54, 1.807) is 0 Å². The van der Waals surface area contributed by atoms with E-state index in [4.69, 9.17) is 9.47 Å². The molecular weight excluding hydrogens is 278 g/mol. The molecule has 0 aliphatic carbocycles. The smallest absolute Gasteiger partial charge is 0.119 e. The summed E-state index contributed by atoms with van der Waals surface area (Å²) in [5.41, 5.74) is 1.33. The maximum absolute atomic E-state index is 10.2. The van der Waals surface area contributed by atoms with Crippen molar-refractivity contribution in [2.45, 2.75) is 51.9 Å². The van der Waals surface area contributed by atoms with Gasteiger partial charge in [0.2, 0.25) is 0 Å². The number of nitrogens with zero attached hydrogens (tertiary/aromatic N) is 1. The molecule has 22 heavy (non-hydrogen) atoms. The van der Waals surface area contributed by atoms with E-state index < -0.39 is 6.10 Å². The average Bonchev–Trinajstić information content (AvgIpc) is 2.46. The molecule has 0 saturated carbocycles. The second-order valence-corrected chi connectivity index (χ2v) is 6.33. The molecule has 0 aromatic heterocycles. The first kappa shape index (κ1) is 17.3. The van der Waals surface area contributed by atoms with Gasteiger partial charge in [0, 0.05) is 19.6 Å². The Balaban J connectivity index is 1.73. The lowest BCUT2D eigenvalue weighted by Gasteiger charge is -2.36. The highest BCUT2D eigenvalue weighted by Gasteiger charge is 2.23. The van der Waals surface area contributed by atoms with Gasteiger partial charge in [0.1, 0.15) is 18.5 Å². The summed E-state index contributed by atoms with van der Waals surface area (Å²) in [5, 5.41) is 10.2. The van der Waals surface area contributed by atoms with Crippen LogP contribution in [0.1, 0.15) is 32.8 Å². The fourth-order valence-corrected chi connectivity index (χ4v) is 3.02. The first-order chi connectivity index (χ1) is 10.6. The van der Waals surface area contributed by atoms with Crippen molar-refractivity contribution >= 4 is 0 Å². The van der Waals surface area contributed by atoms with Gasteiger partial charge in [-0.15, -0.1) is 0 Å². The van der Waals surface area contributed by atoms with Crippen molar-refractivity contribution in [2.75, 3.05) is 26.2 Å². The fourth-order valence-electron chi connectivity index (χ4n) is 3.02. The molecule has 1 aliphatic rings. The van der Waals surface area contributed by atoms with Crippen molar-refractivity contribution in [3.05, 3.63) is 29.8 Å². The van der Waals surface area contributed by atoms with Gasteiger partial charge in [-0.1, -0.05) is 25.5 Å². The quantitative estimate of drug-likeness (QED) is 0.840. The molecule has 1 aromatic rings. The van der Waals surface area contributed by atoms with Gasteiger partial charge in [0.15, 0.2) is 0 Å². The number of aryl methyl sites for hydroxylation is 1. The Morgan fingerprint density at radius 2 is 1.86 bits per heavy atom. The molecule has 0 spiro atoms. The first-order valence-corrected chi connectivity index (χ1v) is 8.34. The summed E-state index contributed by atoms with van der Waals surface area (Å²) in [6, 6.07) is 8.15. The SMILES string of the molecule is CCCc1ccc(OC[C@H](O)CN2C[C@@H](C)O[C@H](C)C2)cc1. The molecule has 1 saturated heterocycles. The van der Waals surface area contributed by atoms with Crippen molar-refractivity contribution in [3.8, 4) is 5.75 Å². The van der Waals surface area contributed by atoms with Gasteiger partial charge in [-0.25, -0.2) is 0 Å². The van der Waals surface area contributed by atoms with Crippen molar-refractivity contribution in [1.29, 1.82) is 0 Å². The third-order valence-electron chi connectivity index (χ3n) is 3.87. The second kappa shape index (κ2) is 8.51. The maximum Gasteiger partial charge on any atom is 0.119 e. The summed E-state index contributed by atoms with van der Waals surface area (Å²) >= 11 is 0. The number of hydrogen-bond donors (Lipinski definition) is 1. The summed E-state index contributed by atoms with van der Waals surface area (Å²) in [4.78, 5) is 2.25. The third-order valence-corrected chi connectivity index (χ3v) is 3.87. The summed E-state index contributed by atoms with van der Waals surface area (Å²) in [6.07, 6.45) is 2.21. The summed E-state index contributed by atoms with van der Waals surface area (Å²) in [7, 11) is 0. The number of aliphatic hydroxyl groups is 1. The number of ether oxygens (including phenoxy) is 2. The average molecular weight is 307 g/mol. The van der Waals surface area contributed by atoms with Crippen LogP contribution in [0.3, 0.4) is 0 Å². The highest BCUT2D eigenvalue weighted by molar-refractivity contribution is 5.27. The zero-order chi connectivity index (χ0) is 15.9. The molecule has 4 heteroatoms. The molecule has 0 radical (unpaired) electrons. The van der Waals surface area contributed by atoms with Crippen LogP contribution in [-0.2, 0) is 11.2 Å². The Hall–Kier alpha value is -1.10. The summed E-state index contributed by atoms with van der Waals surface area (Å²) < 4.78 is 11.4. The molecule has 0 bridgehead atoms. The number of aliphatic hydroxyl groups excluding tert-OH is 1. The van der Waals surface area contributed by atoms with Crippen LogP contribution in [0.15, 0.2) is 24.3 Å². The molecule has 124 valence electrons. The first-order valence-electron chi connectivity index (χ1n) is 8.34. The molecule has 1 aliphatic heterocycles. The number of rotatable bonds is 7. The van der Waals surface area contributed by atoms with Gasteiger partial charge in [-0.2, -0.15) is 0 Å². The molecule has 3 atom stereocenters. The van der Waals surface area contributed by atoms with Crippen LogP contribution in [0, 0.1) is 0 Å².